The zero-order valence-electron chi connectivity index (χ0n) is 13.7. The van der Waals surface area contributed by atoms with Crippen molar-refractivity contribution < 1.29 is 18.8 Å². The van der Waals surface area contributed by atoms with Gasteiger partial charge in [-0.05, 0) is 39.7 Å². The molecule has 3 N–H and O–H groups in total. The van der Waals surface area contributed by atoms with Crippen molar-refractivity contribution in [2.75, 3.05) is 13.1 Å². The molecule has 0 radical (unpaired) electrons. The van der Waals surface area contributed by atoms with Gasteiger partial charge in [0, 0.05) is 12.6 Å². The third kappa shape index (κ3) is 3.91. The molecule has 1 fully saturated rings. The Morgan fingerprint density at radius 3 is 2.61 bits per heavy atom. The third-order valence-corrected chi connectivity index (χ3v) is 4.29. The molecule has 7 nitrogen and oxygen atoms in total. The van der Waals surface area contributed by atoms with E-state index in [1.807, 2.05) is 6.92 Å². The number of nitrogens with zero attached hydrogens (tertiary/aromatic N) is 1. The highest BCUT2D eigenvalue weighted by atomic mass is 16.3. The second-order valence-corrected chi connectivity index (χ2v) is 6.08. The van der Waals surface area contributed by atoms with Crippen molar-refractivity contribution in [2.45, 2.75) is 39.7 Å². The van der Waals surface area contributed by atoms with Crippen LogP contribution < -0.4 is 11.1 Å². The number of hydrogen-bond donors (Lipinski definition) is 2. The quantitative estimate of drug-likeness (QED) is 0.853. The first kappa shape index (κ1) is 17.1. The van der Waals surface area contributed by atoms with E-state index >= 15 is 0 Å². The second-order valence-electron chi connectivity index (χ2n) is 6.08. The van der Waals surface area contributed by atoms with Crippen LogP contribution in [0.25, 0.3) is 0 Å². The molecule has 3 amide bonds. The molecule has 0 aromatic carbocycles. The number of primary amides is 1. The van der Waals surface area contributed by atoms with Crippen LogP contribution in [0.15, 0.2) is 10.5 Å². The number of amides is 3. The molecule has 0 spiro atoms. The van der Waals surface area contributed by atoms with Crippen LogP contribution >= 0.6 is 0 Å². The molecule has 2 heterocycles. The summed E-state index contributed by atoms with van der Waals surface area (Å²) >= 11 is 0. The Labute approximate surface area is 135 Å². The molecule has 0 bridgehead atoms. The summed E-state index contributed by atoms with van der Waals surface area (Å²) in [5, 5.41) is 2.61. The first-order valence-electron chi connectivity index (χ1n) is 7.73. The zero-order valence-corrected chi connectivity index (χ0v) is 13.7. The van der Waals surface area contributed by atoms with Gasteiger partial charge in [0.1, 0.15) is 11.5 Å². The molecule has 1 saturated heterocycles. The minimum Gasteiger partial charge on any atom is -0.466 e. The van der Waals surface area contributed by atoms with Crippen LogP contribution in [0, 0.1) is 19.8 Å². The molecule has 0 aliphatic carbocycles. The maximum absolute atomic E-state index is 12.3. The van der Waals surface area contributed by atoms with Gasteiger partial charge in [-0.1, -0.05) is 0 Å². The lowest BCUT2D eigenvalue weighted by molar-refractivity contribution is -0.136. The van der Waals surface area contributed by atoms with Gasteiger partial charge in [-0.2, -0.15) is 0 Å². The van der Waals surface area contributed by atoms with E-state index < -0.39 is 0 Å². The van der Waals surface area contributed by atoms with E-state index in [1.165, 1.54) is 0 Å². The van der Waals surface area contributed by atoms with Crippen molar-refractivity contribution >= 4 is 17.7 Å². The molecule has 1 aromatic rings. The van der Waals surface area contributed by atoms with Gasteiger partial charge in [-0.25, -0.2) is 0 Å². The molecule has 1 aliphatic rings. The molecule has 1 aromatic heterocycles. The van der Waals surface area contributed by atoms with Crippen molar-refractivity contribution in [1.29, 1.82) is 0 Å². The average Bonchev–Trinajstić information content (AvgIpc) is 2.83. The number of nitrogens with one attached hydrogen (secondary N) is 1. The number of carbonyl (C=O) groups is 3. The lowest BCUT2D eigenvalue weighted by Gasteiger charge is -2.37. The largest absolute Gasteiger partial charge is 0.466 e. The number of aryl methyl sites for hydroxylation is 2. The number of furan rings is 1. The van der Waals surface area contributed by atoms with E-state index in [1.54, 1.807) is 24.8 Å². The first-order valence-corrected chi connectivity index (χ1v) is 7.73. The van der Waals surface area contributed by atoms with Gasteiger partial charge >= 0.3 is 0 Å². The van der Waals surface area contributed by atoms with Gasteiger partial charge in [0.05, 0.1) is 18.0 Å². The van der Waals surface area contributed by atoms with Crippen LogP contribution in [0.3, 0.4) is 0 Å². The highest BCUT2D eigenvalue weighted by Crippen LogP contribution is 2.21. The fourth-order valence-corrected chi connectivity index (χ4v) is 2.90. The van der Waals surface area contributed by atoms with Crippen molar-refractivity contribution in [3.8, 4) is 0 Å². The first-order chi connectivity index (χ1) is 10.8. The average molecular weight is 321 g/mol. The van der Waals surface area contributed by atoms with E-state index in [2.05, 4.69) is 5.32 Å². The van der Waals surface area contributed by atoms with Crippen LogP contribution in [-0.4, -0.2) is 41.8 Å². The summed E-state index contributed by atoms with van der Waals surface area (Å²) in [6.45, 7) is 5.59. The molecule has 2 rings (SSSR count). The smallest absolute Gasteiger partial charge is 0.255 e. The molecule has 2 atom stereocenters. The molecular formula is C16H23N3O4. The molecule has 0 saturated carbocycles. The van der Waals surface area contributed by atoms with Gasteiger partial charge in [-0.3, -0.25) is 14.4 Å². The fourth-order valence-electron chi connectivity index (χ4n) is 2.90. The molecule has 7 heteroatoms. The van der Waals surface area contributed by atoms with Crippen molar-refractivity contribution in [3.63, 3.8) is 0 Å². The van der Waals surface area contributed by atoms with E-state index in [9.17, 15) is 14.4 Å². The Morgan fingerprint density at radius 2 is 2.04 bits per heavy atom. The minimum atomic E-state index is -0.386. The lowest BCUT2D eigenvalue weighted by Crippen LogP contribution is -2.51. The van der Waals surface area contributed by atoms with Crippen LogP contribution in [0.2, 0.25) is 0 Å². The molecular weight excluding hydrogens is 298 g/mol. The van der Waals surface area contributed by atoms with Gasteiger partial charge in [-0.15, -0.1) is 0 Å². The molecule has 0 unspecified atom stereocenters. The van der Waals surface area contributed by atoms with E-state index in [0.29, 0.717) is 30.0 Å². The fraction of sp³-hybridized carbons (Fsp3) is 0.562. The monoisotopic (exact) mass is 321 g/mol. The summed E-state index contributed by atoms with van der Waals surface area (Å²) < 4.78 is 5.31. The standard InChI is InChI=1S/C16H23N3O4/c1-9-4-5-12(15(17)21)8-19(9)14(20)7-18-16(22)13-6-10(2)23-11(13)3/h6,9,12H,4-5,7-8H2,1-3H3,(H2,17,21)(H,18,22)/t9-,12+/m0/s1. The molecule has 23 heavy (non-hydrogen) atoms. The Balaban J connectivity index is 1.94. The maximum Gasteiger partial charge on any atom is 0.255 e. The van der Waals surface area contributed by atoms with Crippen LogP contribution in [0.4, 0.5) is 0 Å². The third-order valence-electron chi connectivity index (χ3n) is 4.29. The number of rotatable bonds is 4. The zero-order chi connectivity index (χ0) is 17.1. The maximum atomic E-state index is 12.3. The van der Waals surface area contributed by atoms with Crippen molar-refractivity contribution in [1.82, 2.24) is 10.2 Å². The molecule has 1 aliphatic heterocycles. The van der Waals surface area contributed by atoms with E-state index in [-0.39, 0.29) is 36.2 Å². The van der Waals surface area contributed by atoms with Crippen LogP contribution in [0.1, 0.15) is 41.6 Å². The van der Waals surface area contributed by atoms with Crippen molar-refractivity contribution in [3.05, 3.63) is 23.2 Å². The number of carbonyl (C=O) groups excluding carboxylic acids is 3. The Morgan fingerprint density at radius 1 is 1.35 bits per heavy atom. The van der Waals surface area contributed by atoms with Gasteiger partial charge in [0.2, 0.25) is 11.8 Å². The summed E-state index contributed by atoms with van der Waals surface area (Å²) in [4.78, 5) is 37.4. The summed E-state index contributed by atoms with van der Waals surface area (Å²) in [5.74, 6) is -0.0909. The number of nitrogens with two attached hydrogens (primary N) is 1. The van der Waals surface area contributed by atoms with Gasteiger partial charge in [0.25, 0.3) is 5.91 Å². The normalized spacial score (nSPS) is 21.1. The Kier molecular flexibility index (Phi) is 5.08. The Hall–Kier alpha value is -2.31. The number of likely N-dealkylation sites (tertiary alicyclic amines) is 1. The predicted molar refractivity (Wildman–Crippen MR) is 83.6 cm³/mol. The van der Waals surface area contributed by atoms with Gasteiger partial charge < -0.3 is 20.4 Å². The lowest BCUT2D eigenvalue weighted by atomic mass is 9.93. The summed E-state index contributed by atoms with van der Waals surface area (Å²) in [5.41, 5.74) is 5.76. The highest BCUT2D eigenvalue weighted by Gasteiger charge is 2.31. The highest BCUT2D eigenvalue weighted by molar-refractivity contribution is 5.97. The summed E-state index contributed by atoms with van der Waals surface area (Å²) in [6.07, 6.45) is 1.42. The number of piperidine rings is 1. The van der Waals surface area contributed by atoms with Crippen LogP contribution in [0.5, 0.6) is 0 Å². The minimum absolute atomic E-state index is 0.0351. The molecule has 126 valence electrons. The van der Waals surface area contributed by atoms with Crippen molar-refractivity contribution in [2.24, 2.45) is 11.7 Å². The topological polar surface area (TPSA) is 106 Å². The summed E-state index contributed by atoms with van der Waals surface area (Å²) in [6, 6.07) is 1.68. The SMILES string of the molecule is Cc1cc(C(=O)NCC(=O)N2C[C@H](C(N)=O)CC[C@@H]2C)c(C)o1. The van der Waals surface area contributed by atoms with Gasteiger partial charge in [0.15, 0.2) is 0 Å². The Bertz CT molecular complexity index is 623. The summed E-state index contributed by atoms with van der Waals surface area (Å²) in [7, 11) is 0. The second kappa shape index (κ2) is 6.85. The number of hydrogen-bond acceptors (Lipinski definition) is 4. The predicted octanol–water partition coefficient (Wildman–Crippen LogP) is 0.739. The van der Waals surface area contributed by atoms with E-state index in [0.717, 1.165) is 6.42 Å². The van der Waals surface area contributed by atoms with E-state index in [4.69, 9.17) is 10.2 Å². The van der Waals surface area contributed by atoms with Crippen LogP contribution in [-0.2, 0) is 9.59 Å².